The van der Waals surface area contributed by atoms with Gasteiger partial charge in [0.1, 0.15) is 17.9 Å². The first-order valence-electron chi connectivity index (χ1n) is 8.85. The number of halogens is 1. The van der Waals surface area contributed by atoms with Crippen LogP contribution in [0.5, 0.6) is 5.75 Å². The molecule has 3 aromatic rings. The third-order valence-corrected chi connectivity index (χ3v) is 5.46. The van der Waals surface area contributed by atoms with Crippen molar-refractivity contribution in [3.05, 3.63) is 64.9 Å². The molecule has 5 nitrogen and oxygen atoms in total. The van der Waals surface area contributed by atoms with E-state index in [2.05, 4.69) is 4.90 Å². The van der Waals surface area contributed by atoms with E-state index in [0.717, 1.165) is 34.4 Å². The fraction of sp³-hybridized carbons (Fsp3) is 0.286. The fourth-order valence-electron chi connectivity index (χ4n) is 3.43. The number of carbonyl (C=O) groups is 1. The third kappa shape index (κ3) is 3.66. The van der Waals surface area contributed by atoms with E-state index in [1.54, 1.807) is 12.3 Å². The molecule has 2 heterocycles. The Kier molecular flexibility index (Phi) is 4.81. The second kappa shape index (κ2) is 7.25. The summed E-state index contributed by atoms with van der Waals surface area (Å²) in [7, 11) is 0. The lowest BCUT2D eigenvalue weighted by molar-refractivity contribution is -0.152. The number of ether oxygens (including phenoxy) is 1. The van der Waals surface area contributed by atoms with Gasteiger partial charge < -0.3 is 14.3 Å². The summed E-state index contributed by atoms with van der Waals surface area (Å²) in [6.45, 7) is 3.71. The van der Waals surface area contributed by atoms with Crippen LogP contribution in [0.25, 0.3) is 11.0 Å². The smallest absolute Gasteiger partial charge is 0.309 e. The van der Waals surface area contributed by atoms with Crippen molar-refractivity contribution in [1.29, 1.82) is 0 Å². The van der Waals surface area contributed by atoms with Crippen molar-refractivity contribution in [2.24, 2.45) is 5.92 Å². The van der Waals surface area contributed by atoms with Gasteiger partial charge in [0.15, 0.2) is 0 Å². The highest BCUT2D eigenvalue weighted by atomic mass is 35.5. The lowest BCUT2D eigenvalue weighted by Crippen LogP contribution is -2.56. The minimum absolute atomic E-state index is 0.0691. The van der Waals surface area contributed by atoms with Gasteiger partial charge in [-0.05, 0) is 42.8 Å². The number of hydrogen-bond acceptors (Lipinski definition) is 4. The average molecular weight is 386 g/mol. The van der Waals surface area contributed by atoms with Crippen LogP contribution in [0.3, 0.4) is 0 Å². The molecule has 1 aliphatic rings. The molecule has 6 heteroatoms. The molecule has 2 unspecified atom stereocenters. The van der Waals surface area contributed by atoms with Crippen LogP contribution in [-0.2, 0) is 17.9 Å². The van der Waals surface area contributed by atoms with Crippen LogP contribution in [0.4, 0.5) is 0 Å². The van der Waals surface area contributed by atoms with Crippen LogP contribution in [0.15, 0.2) is 53.1 Å². The molecule has 140 valence electrons. The van der Waals surface area contributed by atoms with Gasteiger partial charge in [0, 0.05) is 35.1 Å². The van der Waals surface area contributed by atoms with Gasteiger partial charge in [-0.2, -0.15) is 0 Å². The zero-order valence-corrected chi connectivity index (χ0v) is 15.6. The van der Waals surface area contributed by atoms with E-state index in [9.17, 15) is 4.79 Å². The number of benzene rings is 2. The van der Waals surface area contributed by atoms with E-state index in [1.165, 1.54) is 0 Å². The molecule has 1 aliphatic heterocycles. The number of carboxylic acid groups (broad SMARTS) is 1. The number of carboxylic acids is 1. The quantitative estimate of drug-likeness (QED) is 0.673. The van der Waals surface area contributed by atoms with Crippen molar-refractivity contribution in [3.63, 3.8) is 0 Å². The molecule has 1 fully saturated rings. The number of hydrogen-bond donors (Lipinski definition) is 1. The lowest BCUT2D eigenvalue weighted by Gasteiger charge is -2.44. The molecule has 2 atom stereocenters. The first kappa shape index (κ1) is 17.9. The maximum absolute atomic E-state index is 11.0. The van der Waals surface area contributed by atoms with E-state index in [1.807, 2.05) is 43.3 Å². The number of nitrogens with zero attached hydrogens (tertiary/aromatic N) is 1. The van der Waals surface area contributed by atoms with Gasteiger partial charge in [-0.25, -0.2) is 0 Å². The molecular weight excluding hydrogens is 366 g/mol. The SMILES string of the molecule is CC1C(C(=O)O)CN1Cc1ccc(OCc2coc3ccc(Cl)cc23)cc1. The Morgan fingerprint density at radius 1 is 1.30 bits per heavy atom. The molecule has 1 N–H and O–H groups in total. The predicted molar refractivity (Wildman–Crippen MR) is 103 cm³/mol. The summed E-state index contributed by atoms with van der Waals surface area (Å²) in [4.78, 5) is 13.2. The topological polar surface area (TPSA) is 62.9 Å². The Labute approximate surface area is 162 Å². The highest BCUT2D eigenvalue weighted by Gasteiger charge is 2.40. The number of fused-ring (bicyclic) bond motifs is 1. The monoisotopic (exact) mass is 385 g/mol. The summed E-state index contributed by atoms with van der Waals surface area (Å²) in [5.74, 6) is -0.198. The number of rotatable bonds is 6. The van der Waals surface area contributed by atoms with Gasteiger partial charge >= 0.3 is 5.97 Å². The van der Waals surface area contributed by atoms with Crippen molar-refractivity contribution in [2.75, 3.05) is 6.54 Å². The van der Waals surface area contributed by atoms with Crippen LogP contribution in [-0.4, -0.2) is 28.6 Å². The molecular formula is C21H20ClNO4. The summed E-state index contributed by atoms with van der Waals surface area (Å²) in [6, 6.07) is 13.5. The standard InChI is InChI=1S/C21H20ClNO4/c1-13-19(21(24)25)10-23(13)9-14-2-5-17(6-3-14)26-11-15-12-27-20-7-4-16(22)8-18(15)20/h2-8,12-13,19H,9-11H2,1H3,(H,24,25). The van der Waals surface area contributed by atoms with Crippen LogP contribution in [0.1, 0.15) is 18.1 Å². The number of furan rings is 1. The summed E-state index contributed by atoms with van der Waals surface area (Å²) in [6.07, 6.45) is 1.69. The van der Waals surface area contributed by atoms with Gasteiger partial charge in [-0.15, -0.1) is 0 Å². The first-order valence-corrected chi connectivity index (χ1v) is 9.23. The third-order valence-electron chi connectivity index (χ3n) is 5.23. The van der Waals surface area contributed by atoms with Crippen LogP contribution >= 0.6 is 11.6 Å². The Hall–Kier alpha value is -2.50. The van der Waals surface area contributed by atoms with Gasteiger partial charge in [0.05, 0.1) is 12.2 Å². The number of likely N-dealkylation sites (tertiary alicyclic amines) is 1. The molecule has 1 aromatic heterocycles. The lowest BCUT2D eigenvalue weighted by atomic mass is 9.89. The molecule has 0 bridgehead atoms. The molecule has 0 aliphatic carbocycles. The van der Waals surface area contributed by atoms with Crippen LogP contribution < -0.4 is 4.74 Å². The Bertz CT molecular complexity index is 966. The Morgan fingerprint density at radius 2 is 2.07 bits per heavy atom. The van der Waals surface area contributed by atoms with Gasteiger partial charge in [-0.1, -0.05) is 23.7 Å². The highest BCUT2D eigenvalue weighted by Crippen LogP contribution is 2.28. The summed E-state index contributed by atoms with van der Waals surface area (Å²) in [5.41, 5.74) is 2.88. The van der Waals surface area contributed by atoms with Crippen molar-refractivity contribution in [1.82, 2.24) is 4.90 Å². The minimum atomic E-state index is -0.712. The zero-order chi connectivity index (χ0) is 19.0. The maximum Gasteiger partial charge on any atom is 0.309 e. The summed E-state index contributed by atoms with van der Waals surface area (Å²) >= 11 is 6.06. The first-order chi connectivity index (χ1) is 13.0. The molecule has 0 saturated carbocycles. The van der Waals surface area contributed by atoms with Crippen molar-refractivity contribution >= 4 is 28.5 Å². The normalized spacial score (nSPS) is 19.8. The molecule has 1 saturated heterocycles. The van der Waals surface area contributed by atoms with Gasteiger partial charge in [0.2, 0.25) is 0 Å². The maximum atomic E-state index is 11.0. The molecule has 27 heavy (non-hydrogen) atoms. The number of aliphatic carboxylic acids is 1. The van der Waals surface area contributed by atoms with E-state index in [-0.39, 0.29) is 12.0 Å². The molecule has 2 aromatic carbocycles. The molecule has 4 rings (SSSR count). The summed E-state index contributed by atoms with van der Waals surface area (Å²) in [5, 5.41) is 10.7. The Morgan fingerprint density at radius 3 is 2.78 bits per heavy atom. The second-order valence-electron chi connectivity index (χ2n) is 6.95. The van der Waals surface area contributed by atoms with E-state index in [0.29, 0.717) is 18.2 Å². The van der Waals surface area contributed by atoms with Crippen LogP contribution in [0.2, 0.25) is 5.02 Å². The van der Waals surface area contributed by atoms with Gasteiger partial charge in [0.25, 0.3) is 0 Å². The van der Waals surface area contributed by atoms with Crippen molar-refractivity contribution in [3.8, 4) is 5.75 Å². The fourth-order valence-corrected chi connectivity index (χ4v) is 3.61. The van der Waals surface area contributed by atoms with Crippen LogP contribution in [0, 0.1) is 5.92 Å². The van der Waals surface area contributed by atoms with E-state index < -0.39 is 5.97 Å². The molecule has 0 spiro atoms. The molecule has 0 radical (unpaired) electrons. The minimum Gasteiger partial charge on any atom is -0.489 e. The predicted octanol–water partition coefficient (Wildman–Crippen LogP) is 4.57. The van der Waals surface area contributed by atoms with Gasteiger partial charge in [-0.3, -0.25) is 9.69 Å². The molecule has 0 amide bonds. The van der Waals surface area contributed by atoms with E-state index >= 15 is 0 Å². The van der Waals surface area contributed by atoms with Crippen molar-refractivity contribution in [2.45, 2.75) is 26.1 Å². The summed E-state index contributed by atoms with van der Waals surface area (Å²) < 4.78 is 11.4. The largest absolute Gasteiger partial charge is 0.489 e. The highest BCUT2D eigenvalue weighted by molar-refractivity contribution is 6.31. The second-order valence-corrected chi connectivity index (χ2v) is 7.39. The average Bonchev–Trinajstić information content (AvgIpc) is 3.05. The van der Waals surface area contributed by atoms with E-state index in [4.69, 9.17) is 25.9 Å². The zero-order valence-electron chi connectivity index (χ0n) is 14.9. The van der Waals surface area contributed by atoms with Crippen molar-refractivity contribution < 1.29 is 19.1 Å². The Balaban J connectivity index is 1.35.